The molecule has 0 aliphatic rings. The number of nitrogens with two attached hydrogens (primary N) is 2. The molecule has 0 aliphatic carbocycles. The van der Waals surface area contributed by atoms with Crippen LogP contribution in [0.5, 0.6) is 0 Å². The third kappa shape index (κ3) is 2.60. The highest BCUT2D eigenvalue weighted by Gasteiger charge is 2.16. The Morgan fingerprint density at radius 1 is 1.40 bits per heavy atom. The molecule has 0 bridgehead atoms. The monoisotopic (exact) mass is 297 g/mol. The molecule has 2 aromatic rings. The number of pyridine rings is 1. The van der Waals surface area contributed by atoms with E-state index >= 15 is 0 Å². The number of methoxy groups -OCH3 is 1. The van der Waals surface area contributed by atoms with Gasteiger partial charge in [0.25, 0.3) is 0 Å². The van der Waals surface area contributed by atoms with Gasteiger partial charge in [-0.1, -0.05) is 0 Å². The third-order valence-electron chi connectivity index (χ3n) is 2.41. The lowest BCUT2D eigenvalue weighted by Gasteiger charge is -2.01. The average Bonchev–Trinajstić information content (AvgIpc) is 2.79. The van der Waals surface area contributed by atoms with E-state index in [-0.39, 0.29) is 22.1 Å². The SMILES string of the molecule is COC(=O)c1nn(-c2ccc(S(N)(=O)=O)cn2)cc1N. The van der Waals surface area contributed by atoms with E-state index in [1.165, 1.54) is 30.1 Å². The number of hydrogen-bond donors (Lipinski definition) is 2. The van der Waals surface area contributed by atoms with Gasteiger partial charge in [-0.2, -0.15) is 5.10 Å². The average molecular weight is 297 g/mol. The lowest BCUT2D eigenvalue weighted by atomic mass is 10.4. The van der Waals surface area contributed by atoms with Gasteiger partial charge in [-0.15, -0.1) is 0 Å². The first kappa shape index (κ1) is 14.0. The summed E-state index contributed by atoms with van der Waals surface area (Å²) < 4.78 is 28.0. The Balaban J connectivity index is 2.40. The molecule has 106 valence electrons. The fourth-order valence-corrected chi connectivity index (χ4v) is 1.89. The highest BCUT2D eigenvalue weighted by atomic mass is 32.2. The number of hydrogen-bond acceptors (Lipinski definition) is 7. The van der Waals surface area contributed by atoms with Crippen LogP contribution in [0.3, 0.4) is 0 Å². The molecule has 0 atom stereocenters. The first-order chi connectivity index (χ1) is 9.32. The largest absolute Gasteiger partial charge is 0.464 e. The zero-order chi connectivity index (χ0) is 14.9. The topological polar surface area (TPSA) is 143 Å². The Labute approximate surface area is 114 Å². The highest BCUT2D eigenvalue weighted by Crippen LogP contribution is 2.14. The second kappa shape index (κ2) is 4.90. The minimum absolute atomic E-state index is 0.0511. The van der Waals surface area contributed by atoms with Crippen molar-refractivity contribution in [2.24, 2.45) is 5.14 Å². The van der Waals surface area contributed by atoms with Crippen LogP contribution in [0, 0.1) is 0 Å². The number of rotatable bonds is 3. The molecule has 0 aliphatic heterocycles. The number of carbonyl (C=O) groups excluding carboxylic acids is 1. The summed E-state index contributed by atoms with van der Waals surface area (Å²) in [4.78, 5) is 15.1. The number of nitrogens with zero attached hydrogens (tertiary/aromatic N) is 3. The first-order valence-electron chi connectivity index (χ1n) is 5.25. The highest BCUT2D eigenvalue weighted by molar-refractivity contribution is 7.89. The van der Waals surface area contributed by atoms with Crippen molar-refractivity contribution in [2.75, 3.05) is 12.8 Å². The molecule has 0 spiro atoms. The van der Waals surface area contributed by atoms with E-state index in [4.69, 9.17) is 10.9 Å². The van der Waals surface area contributed by atoms with Crippen LogP contribution >= 0.6 is 0 Å². The fourth-order valence-electron chi connectivity index (χ4n) is 1.44. The molecule has 0 saturated carbocycles. The Hall–Kier alpha value is -2.46. The summed E-state index contributed by atoms with van der Waals surface area (Å²) >= 11 is 0. The number of anilines is 1. The minimum Gasteiger partial charge on any atom is -0.464 e. The van der Waals surface area contributed by atoms with E-state index in [0.29, 0.717) is 0 Å². The van der Waals surface area contributed by atoms with Crippen LogP contribution in [0.1, 0.15) is 10.5 Å². The number of ether oxygens (including phenoxy) is 1. The van der Waals surface area contributed by atoms with E-state index in [0.717, 1.165) is 6.20 Å². The van der Waals surface area contributed by atoms with Crippen LogP contribution in [0.25, 0.3) is 5.82 Å². The van der Waals surface area contributed by atoms with Gasteiger partial charge in [0.1, 0.15) is 4.90 Å². The van der Waals surface area contributed by atoms with Gasteiger partial charge in [-0.05, 0) is 12.1 Å². The molecule has 2 heterocycles. The summed E-state index contributed by atoms with van der Waals surface area (Å²) in [6, 6.07) is 2.65. The molecule has 0 amide bonds. The van der Waals surface area contributed by atoms with Crippen molar-refractivity contribution >= 4 is 21.7 Å². The second-order valence-corrected chi connectivity index (χ2v) is 5.33. The fraction of sp³-hybridized carbons (Fsp3) is 0.100. The third-order valence-corrected chi connectivity index (χ3v) is 3.30. The molecule has 0 radical (unpaired) electrons. The summed E-state index contributed by atoms with van der Waals surface area (Å²) in [6.45, 7) is 0. The van der Waals surface area contributed by atoms with Gasteiger partial charge in [0.05, 0.1) is 19.0 Å². The van der Waals surface area contributed by atoms with Crippen LogP contribution in [-0.4, -0.2) is 36.3 Å². The maximum Gasteiger partial charge on any atom is 0.360 e. The molecule has 0 unspecified atom stereocenters. The number of sulfonamides is 1. The van der Waals surface area contributed by atoms with Crippen LogP contribution in [0.4, 0.5) is 5.69 Å². The van der Waals surface area contributed by atoms with E-state index in [2.05, 4.69) is 14.8 Å². The van der Waals surface area contributed by atoms with Crippen LogP contribution in [0.15, 0.2) is 29.4 Å². The molecular weight excluding hydrogens is 286 g/mol. The number of aromatic nitrogens is 3. The summed E-state index contributed by atoms with van der Waals surface area (Å²) in [7, 11) is -2.60. The Bertz CT molecular complexity index is 750. The summed E-state index contributed by atoms with van der Waals surface area (Å²) in [6.07, 6.45) is 2.45. The van der Waals surface area contributed by atoms with Crippen LogP contribution in [0.2, 0.25) is 0 Å². The van der Waals surface area contributed by atoms with Gasteiger partial charge >= 0.3 is 5.97 Å². The number of primary sulfonamides is 1. The number of carbonyl (C=O) groups is 1. The van der Waals surface area contributed by atoms with Crippen LogP contribution in [-0.2, 0) is 14.8 Å². The molecule has 2 aromatic heterocycles. The number of esters is 1. The van der Waals surface area contributed by atoms with Gasteiger partial charge < -0.3 is 10.5 Å². The minimum atomic E-state index is -3.81. The number of nitrogen functional groups attached to an aromatic ring is 1. The van der Waals surface area contributed by atoms with E-state index in [1.807, 2.05) is 0 Å². The van der Waals surface area contributed by atoms with Crippen molar-refractivity contribution in [2.45, 2.75) is 4.90 Å². The second-order valence-electron chi connectivity index (χ2n) is 3.77. The lowest BCUT2D eigenvalue weighted by molar-refractivity contribution is 0.0594. The van der Waals surface area contributed by atoms with Crippen LogP contribution < -0.4 is 10.9 Å². The molecule has 10 heteroatoms. The zero-order valence-corrected chi connectivity index (χ0v) is 11.2. The summed E-state index contributed by atoms with van der Waals surface area (Å²) in [5.41, 5.74) is 5.70. The van der Waals surface area contributed by atoms with Crippen molar-refractivity contribution in [1.82, 2.24) is 14.8 Å². The van der Waals surface area contributed by atoms with Gasteiger partial charge in [0.2, 0.25) is 10.0 Å². The molecule has 9 nitrogen and oxygen atoms in total. The zero-order valence-electron chi connectivity index (χ0n) is 10.3. The summed E-state index contributed by atoms with van der Waals surface area (Å²) in [5.74, 6) is -0.401. The van der Waals surface area contributed by atoms with Crippen molar-refractivity contribution in [3.8, 4) is 5.82 Å². The first-order valence-corrected chi connectivity index (χ1v) is 6.80. The van der Waals surface area contributed by atoms with Gasteiger partial charge in [-0.25, -0.2) is 28.0 Å². The predicted molar refractivity (Wildman–Crippen MR) is 68.5 cm³/mol. The Morgan fingerprint density at radius 3 is 2.60 bits per heavy atom. The van der Waals surface area contributed by atoms with E-state index < -0.39 is 16.0 Å². The lowest BCUT2D eigenvalue weighted by Crippen LogP contribution is -2.13. The standard InChI is InChI=1S/C10H11N5O4S/c1-19-10(16)9-7(11)5-15(14-9)8-3-2-6(4-13-8)20(12,17)18/h2-5H,11H2,1H3,(H2,12,17,18). The Morgan fingerprint density at radius 2 is 2.10 bits per heavy atom. The van der Waals surface area contributed by atoms with Crippen molar-refractivity contribution in [3.05, 3.63) is 30.2 Å². The maximum absolute atomic E-state index is 11.4. The molecule has 20 heavy (non-hydrogen) atoms. The molecule has 0 aromatic carbocycles. The quantitative estimate of drug-likeness (QED) is 0.711. The van der Waals surface area contributed by atoms with Gasteiger partial charge in [-0.3, -0.25) is 0 Å². The molecule has 4 N–H and O–H groups in total. The smallest absolute Gasteiger partial charge is 0.360 e. The molecule has 2 rings (SSSR count). The predicted octanol–water partition coefficient (Wildman–Crippen LogP) is -0.716. The summed E-state index contributed by atoms with van der Waals surface area (Å²) in [5, 5.41) is 8.88. The van der Waals surface area contributed by atoms with E-state index in [1.54, 1.807) is 0 Å². The van der Waals surface area contributed by atoms with E-state index in [9.17, 15) is 13.2 Å². The van der Waals surface area contributed by atoms with Crippen molar-refractivity contribution < 1.29 is 17.9 Å². The molecular formula is C10H11N5O4S. The van der Waals surface area contributed by atoms with Crippen molar-refractivity contribution in [1.29, 1.82) is 0 Å². The Kier molecular flexibility index (Phi) is 3.42. The normalized spacial score (nSPS) is 11.3. The maximum atomic E-state index is 11.4. The molecule has 0 fully saturated rings. The van der Waals surface area contributed by atoms with Crippen molar-refractivity contribution in [3.63, 3.8) is 0 Å². The van der Waals surface area contributed by atoms with Gasteiger partial charge in [0, 0.05) is 6.20 Å². The molecule has 0 saturated heterocycles. The van der Waals surface area contributed by atoms with Gasteiger partial charge in [0.15, 0.2) is 11.5 Å².